The highest BCUT2D eigenvalue weighted by atomic mass is 16.6. The maximum absolute atomic E-state index is 9.75. The molecule has 4 heteroatoms. The standard InChI is InChI=1S/C8H14O4/c1-5(10-2)8-4-11-6(3-12-8)7(8)9/h5-7,9H,3-4H2,1-2H3/t5?,6-,7-,8+/m0/s1. The predicted octanol–water partition coefficient (Wildman–Crippen LogP) is -0.450. The van der Waals surface area contributed by atoms with Crippen molar-refractivity contribution in [1.29, 1.82) is 0 Å². The molecule has 12 heavy (non-hydrogen) atoms. The predicted molar refractivity (Wildman–Crippen MR) is 40.9 cm³/mol. The van der Waals surface area contributed by atoms with Gasteiger partial charge in [-0.1, -0.05) is 0 Å². The zero-order valence-electron chi connectivity index (χ0n) is 7.32. The van der Waals surface area contributed by atoms with E-state index in [1.807, 2.05) is 6.92 Å². The smallest absolute Gasteiger partial charge is 0.145 e. The molecule has 0 radical (unpaired) electrons. The van der Waals surface area contributed by atoms with Gasteiger partial charge in [-0.15, -0.1) is 0 Å². The first-order chi connectivity index (χ1) is 5.70. The number of ether oxygens (including phenoxy) is 3. The second kappa shape index (κ2) is 2.67. The lowest BCUT2D eigenvalue weighted by molar-refractivity contribution is -0.160. The summed E-state index contributed by atoms with van der Waals surface area (Å²) in [7, 11) is 1.61. The van der Waals surface area contributed by atoms with Crippen molar-refractivity contribution in [3.8, 4) is 0 Å². The molecule has 2 saturated heterocycles. The second-order valence-electron chi connectivity index (χ2n) is 3.44. The Balaban J connectivity index is 2.19. The minimum Gasteiger partial charge on any atom is -0.387 e. The molecule has 0 spiro atoms. The number of hydrogen-bond acceptors (Lipinski definition) is 4. The van der Waals surface area contributed by atoms with E-state index in [1.54, 1.807) is 7.11 Å². The van der Waals surface area contributed by atoms with Crippen molar-refractivity contribution in [2.24, 2.45) is 0 Å². The fraction of sp³-hybridized carbons (Fsp3) is 1.00. The van der Waals surface area contributed by atoms with Gasteiger partial charge in [0, 0.05) is 7.11 Å². The summed E-state index contributed by atoms with van der Waals surface area (Å²) in [6, 6.07) is 0. The van der Waals surface area contributed by atoms with E-state index >= 15 is 0 Å². The molecule has 2 heterocycles. The quantitative estimate of drug-likeness (QED) is 0.616. The van der Waals surface area contributed by atoms with Crippen molar-refractivity contribution in [3.63, 3.8) is 0 Å². The van der Waals surface area contributed by atoms with Crippen molar-refractivity contribution in [1.82, 2.24) is 0 Å². The van der Waals surface area contributed by atoms with Crippen LogP contribution in [0.3, 0.4) is 0 Å². The van der Waals surface area contributed by atoms with Crippen LogP contribution in [0, 0.1) is 0 Å². The van der Waals surface area contributed by atoms with E-state index in [0.717, 1.165) is 0 Å². The van der Waals surface area contributed by atoms with Crippen molar-refractivity contribution in [2.75, 3.05) is 20.3 Å². The molecule has 2 aliphatic heterocycles. The van der Waals surface area contributed by atoms with E-state index in [1.165, 1.54) is 0 Å². The second-order valence-corrected chi connectivity index (χ2v) is 3.44. The van der Waals surface area contributed by atoms with Crippen LogP contribution < -0.4 is 0 Å². The summed E-state index contributed by atoms with van der Waals surface area (Å²) in [6.45, 7) is 2.81. The van der Waals surface area contributed by atoms with Crippen LogP contribution in [0.4, 0.5) is 0 Å². The Morgan fingerprint density at radius 3 is 2.75 bits per heavy atom. The molecule has 0 aliphatic carbocycles. The number of aliphatic hydroxyl groups is 1. The summed E-state index contributed by atoms with van der Waals surface area (Å²) in [6.07, 6.45) is -0.810. The van der Waals surface area contributed by atoms with Gasteiger partial charge in [0.2, 0.25) is 0 Å². The van der Waals surface area contributed by atoms with E-state index in [2.05, 4.69) is 0 Å². The third-order valence-electron chi connectivity index (χ3n) is 2.93. The number of aliphatic hydroxyl groups excluding tert-OH is 1. The molecule has 2 bridgehead atoms. The largest absolute Gasteiger partial charge is 0.387 e. The van der Waals surface area contributed by atoms with Gasteiger partial charge in [0.1, 0.15) is 17.8 Å². The molecule has 0 aromatic carbocycles. The van der Waals surface area contributed by atoms with Gasteiger partial charge in [-0.05, 0) is 6.92 Å². The maximum atomic E-state index is 9.75. The lowest BCUT2D eigenvalue weighted by Crippen LogP contribution is -2.50. The first kappa shape index (κ1) is 8.44. The Labute approximate surface area is 71.4 Å². The number of fused-ring (bicyclic) bond motifs is 2. The lowest BCUT2D eigenvalue weighted by Gasteiger charge is -2.32. The molecule has 0 aromatic heterocycles. The Morgan fingerprint density at radius 1 is 1.67 bits per heavy atom. The average molecular weight is 174 g/mol. The number of hydrogen-bond donors (Lipinski definition) is 1. The summed E-state index contributed by atoms with van der Waals surface area (Å²) < 4.78 is 16.0. The monoisotopic (exact) mass is 174 g/mol. The van der Waals surface area contributed by atoms with Crippen LogP contribution in [-0.2, 0) is 14.2 Å². The van der Waals surface area contributed by atoms with Gasteiger partial charge in [0.15, 0.2) is 0 Å². The third kappa shape index (κ3) is 0.864. The van der Waals surface area contributed by atoms with Crippen LogP contribution >= 0.6 is 0 Å². The van der Waals surface area contributed by atoms with Crippen LogP contribution in [0.25, 0.3) is 0 Å². The van der Waals surface area contributed by atoms with Crippen LogP contribution in [-0.4, -0.2) is 49.3 Å². The van der Waals surface area contributed by atoms with Crippen LogP contribution in [0.2, 0.25) is 0 Å². The molecule has 2 fully saturated rings. The van der Waals surface area contributed by atoms with Gasteiger partial charge < -0.3 is 19.3 Å². The average Bonchev–Trinajstić information content (AvgIpc) is 2.60. The van der Waals surface area contributed by atoms with Crippen LogP contribution in [0.1, 0.15) is 6.92 Å². The number of methoxy groups -OCH3 is 1. The summed E-state index contributed by atoms with van der Waals surface area (Å²) in [4.78, 5) is 0. The first-order valence-corrected chi connectivity index (χ1v) is 4.17. The SMILES string of the molecule is COC(C)[C@@]12CO[C@@H](CO1)[C@@H]2O. The molecular formula is C8H14O4. The highest BCUT2D eigenvalue weighted by molar-refractivity contribution is 5.07. The fourth-order valence-corrected chi connectivity index (χ4v) is 1.91. The van der Waals surface area contributed by atoms with E-state index < -0.39 is 11.7 Å². The summed E-state index contributed by atoms with van der Waals surface area (Å²) >= 11 is 0. The topological polar surface area (TPSA) is 47.9 Å². The number of rotatable bonds is 2. The zero-order chi connectivity index (χ0) is 8.77. The van der Waals surface area contributed by atoms with Crippen molar-refractivity contribution < 1.29 is 19.3 Å². The van der Waals surface area contributed by atoms with Crippen LogP contribution in [0.15, 0.2) is 0 Å². The molecule has 2 rings (SSSR count). The lowest BCUT2D eigenvalue weighted by atomic mass is 9.94. The molecule has 0 amide bonds. The molecule has 4 nitrogen and oxygen atoms in total. The Bertz CT molecular complexity index is 174. The Kier molecular flexibility index (Phi) is 1.88. The van der Waals surface area contributed by atoms with Gasteiger partial charge in [-0.3, -0.25) is 0 Å². The van der Waals surface area contributed by atoms with Crippen LogP contribution in [0.5, 0.6) is 0 Å². The van der Waals surface area contributed by atoms with Crippen molar-refractivity contribution in [3.05, 3.63) is 0 Å². The van der Waals surface area contributed by atoms with Crippen molar-refractivity contribution in [2.45, 2.75) is 30.8 Å². The molecule has 1 N–H and O–H groups in total. The van der Waals surface area contributed by atoms with Gasteiger partial charge in [0.25, 0.3) is 0 Å². The molecule has 0 aromatic rings. The van der Waals surface area contributed by atoms with Crippen molar-refractivity contribution >= 4 is 0 Å². The van der Waals surface area contributed by atoms with E-state index in [4.69, 9.17) is 14.2 Å². The van der Waals surface area contributed by atoms with Gasteiger partial charge in [-0.2, -0.15) is 0 Å². The summed E-state index contributed by atoms with van der Waals surface area (Å²) in [5.74, 6) is 0. The van der Waals surface area contributed by atoms with Gasteiger partial charge in [-0.25, -0.2) is 0 Å². The van der Waals surface area contributed by atoms with E-state index in [0.29, 0.717) is 13.2 Å². The molecule has 0 saturated carbocycles. The highest BCUT2D eigenvalue weighted by Crippen LogP contribution is 2.38. The van der Waals surface area contributed by atoms with E-state index in [-0.39, 0.29) is 12.2 Å². The van der Waals surface area contributed by atoms with Gasteiger partial charge >= 0.3 is 0 Å². The molecule has 2 aliphatic rings. The Morgan fingerprint density at radius 2 is 2.42 bits per heavy atom. The maximum Gasteiger partial charge on any atom is 0.145 e. The molecule has 1 unspecified atom stereocenters. The first-order valence-electron chi connectivity index (χ1n) is 4.17. The Hall–Kier alpha value is -0.160. The fourth-order valence-electron chi connectivity index (χ4n) is 1.91. The summed E-state index contributed by atoms with van der Waals surface area (Å²) in [5.41, 5.74) is -0.612. The highest BCUT2D eigenvalue weighted by Gasteiger charge is 2.59. The van der Waals surface area contributed by atoms with Gasteiger partial charge in [0.05, 0.1) is 19.3 Å². The molecular weight excluding hydrogens is 160 g/mol. The molecule has 4 atom stereocenters. The normalized spacial score (nSPS) is 48.2. The summed E-state index contributed by atoms with van der Waals surface area (Å²) in [5, 5.41) is 9.75. The molecule has 70 valence electrons. The third-order valence-corrected chi connectivity index (χ3v) is 2.93. The minimum atomic E-state index is -0.612. The minimum absolute atomic E-state index is 0.125. The zero-order valence-corrected chi connectivity index (χ0v) is 7.32. The van der Waals surface area contributed by atoms with E-state index in [9.17, 15) is 5.11 Å².